The van der Waals surface area contributed by atoms with E-state index in [1.807, 2.05) is 31.2 Å². The molecule has 84 valence electrons. The molecule has 0 saturated heterocycles. The Morgan fingerprint density at radius 2 is 2.33 bits per heavy atom. The van der Waals surface area contributed by atoms with Gasteiger partial charge in [0.25, 0.3) is 0 Å². The van der Waals surface area contributed by atoms with E-state index in [1.165, 1.54) is 12.8 Å². The van der Waals surface area contributed by atoms with Gasteiger partial charge in [-0.25, -0.2) is 4.98 Å². The quantitative estimate of drug-likeness (QED) is 0.837. The van der Waals surface area contributed by atoms with Gasteiger partial charge in [-0.15, -0.1) is 0 Å². The van der Waals surface area contributed by atoms with Crippen LogP contribution in [-0.4, -0.2) is 20.8 Å². The smallest absolute Gasteiger partial charge is 0.167 e. The molecule has 1 aliphatic rings. The van der Waals surface area contributed by atoms with Gasteiger partial charge in [-0.05, 0) is 25.2 Å². The lowest BCUT2D eigenvalue weighted by Gasteiger charge is -2.31. The summed E-state index contributed by atoms with van der Waals surface area (Å²) in [6.45, 7) is 2.32. The third-order valence-electron chi connectivity index (χ3n) is 3.14. The van der Waals surface area contributed by atoms with Crippen LogP contribution in [0.5, 0.6) is 0 Å². The molecule has 0 amide bonds. The molecule has 2 rings (SSSR count). The van der Waals surface area contributed by atoms with Crippen molar-refractivity contribution < 1.29 is 0 Å². The van der Waals surface area contributed by atoms with Gasteiger partial charge in [-0.1, -0.05) is 18.7 Å². The van der Waals surface area contributed by atoms with Crippen LogP contribution in [0, 0.1) is 5.92 Å². The number of nitrogens with two attached hydrogens (primary N) is 1. The molecule has 0 aromatic carbocycles. The minimum absolute atomic E-state index is 0.336. The Bertz CT molecular complexity index is 323. The maximum atomic E-state index is 6.15. The van der Waals surface area contributed by atoms with Crippen LogP contribution in [0.15, 0.2) is 17.6 Å². The maximum absolute atomic E-state index is 6.15. The van der Waals surface area contributed by atoms with Crippen molar-refractivity contribution in [2.45, 2.75) is 42.6 Å². The van der Waals surface area contributed by atoms with Gasteiger partial charge < -0.3 is 10.3 Å². The Morgan fingerprint density at radius 3 is 3.00 bits per heavy atom. The Kier molecular flexibility index (Phi) is 3.36. The molecule has 1 heterocycles. The zero-order valence-electron chi connectivity index (χ0n) is 9.39. The summed E-state index contributed by atoms with van der Waals surface area (Å²) in [6, 6.07) is 0.336. The monoisotopic (exact) mass is 225 g/mol. The average molecular weight is 225 g/mol. The number of hydrogen-bond donors (Lipinski definition) is 1. The Balaban J connectivity index is 2.01. The highest BCUT2D eigenvalue weighted by Crippen LogP contribution is 2.34. The molecule has 2 N–H and O–H groups in total. The number of thioether (sulfide) groups is 1. The predicted octanol–water partition coefficient (Wildman–Crippen LogP) is 2.03. The second-order valence-electron chi connectivity index (χ2n) is 4.56. The molecule has 1 aromatic rings. The fraction of sp³-hybridized carbons (Fsp3) is 0.727. The van der Waals surface area contributed by atoms with Crippen LogP contribution < -0.4 is 5.73 Å². The fourth-order valence-electron chi connectivity index (χ4n) is 2.09. The first-order chi connectivity index (χ1) is 7.16. The van der Waals surface area contributed by atoms with E-state index >= 15 is 0 Å². The predicted molar refractivity (Wildman–Crippen MR) is 63.8 cm³/mol. The van der Waals surface area contributed by atoms with Gasteiger partial charge in [0.1, 0.15) is 0 Å². The normalized spacial score (nSPS) is 31.8. The Labute approximate surface area is 95.4 Å². The number of rotatable bonds is 2. The highest BCUT2D eigenvalue weighted by molar-refractivity contribution is 7.99. The van der Waals surface area contributed by atoms with Gasteiger partial charge >= 0.3 is 0 Å². The largest absolute Gasteiger partial charge is 0.329 e. The van der Waals surface area contributed by atoms with Crippen LogP contribution in [0.2, 0.25) is 0 Å². The minimum Gasteiger partial charge on any atom is -0.329 e. The summed E-state index contributed by atoms with van der Waals surface area (Å²) >= 11 is 1.84. The van der Waals surface area contributed by atoms with Crippen molar-refractivity contribution in [2.75, 3.05) is 0 Å². The average Bonchev–Trinajstić information content (AvgIpc) is 2.58. The highest BCUT2D eigenvalue weighted by Gasteiger charge is 2.27. The first-order valence-corrected chi connectivity index (χ1v) is 6.44. The van der Waals surface area contributed by atoms with E-state index in [1.54, 1.807) is 0 Å². The molecule has 0 aliphatic heterocycles. The Morgan fingerprint density at radius 1 is 1.53 bits per heavy atom. The van der Waals surface area contributed by atoms with Gasteiger partial charge in [0.2, 0.25) is 0 Å². The topological polar surface area (TPSA) is 43.8 Å². The zero-order chi connectivity index (χ0) is 10.8. The van der Waals surface area contributed by atoms with Crippen molar-refractivity contribution in [1.82, 2.24) is 9.55 Å². The SMILES string of the molecule is CC1CCC(N)C(Sc2nccn2C)C1. The standard InChI is InChI=1S/C11H19N3S/c1-8-3-4-9(12)10(7-8)15-11-13-5-6-14(11)2/h5-6,8-10H,3-4,7,12H2,1-2H3. The van der Waals surface area contributed by atoms with E-state index in [9.17, 15) is 0 Å². The maximum Gasteiger partial charge on any atom is 0.167 e. The van der Waals surface area contributed by atoms with Crippen molar-refractivity contribution in [1.29, 1.82) is 0 Å². The molecule has 4 heteroatoms. The molecule has 1 fully saturated rings. The molecule has 15 heavy (non-hydrogen) atoms. The molecule has 3 unspecified atom stereocenters. The van der Waals surface area contributed by atoms with Crippen LogP contribution in [0.3, 0.4) is 0 Å². The minimum atomic E-state index is 0.336. The molecule has 3 nitrogen and oxygen atoms in total. The van der Waals surface area contributed by atoms with E-state index in [-0.39, 0.29) is 0 Å². The second-order valence-corrected chi connectivity index (χ2v) is 5.77. The lowest BCUT2D eigenvalue weighted by atomic mass is 9.87. The van der Waals surface area contributed by atoms with Crippen LogP contribution >= 0.6 is 11.8 Å². The van der Waals surface area contributed by atoms with Gasteiger partial charge in [0.15, 0.2) is 5.16 Å². The zero-order valence-corrected chi connectivity index (χ0v) is 10.2. The summed E-state index contributed by atoms with van der Waals surface area (Å²) in [6.07, 6.45) is 7.49. The van der Waals surface area contributed by atoms with Gasteiger partial charge in [0, 0.05) is 30.7 Å². The van der Waals surface area contributed by atoms with Crippen molar-refractivity contribution in [2.24, 2.45) is 18.7 Å². The van der Waals surface area contributed by atoms with Crippen LogP contribution in [0.25, 0.3) is 0 Å². The highest BCUT2D eigenvalue weighted by atomic mass is 32.2. The first kappa shape index (κ1) is 11.0. The number of aryl methyl sites for hydroxylation is 1. The third kappa shape index (κ3) is 2.55. The molecular weight excluding hydrogens is 206 g/mol. The summed E-state index contributed by atoms with van der Waals surface area (Å²) in [5.41, 5.74) is 6.15. The lowest BCUT2D eigenvalue weighted by molar-refractivity contribution is 0.357. The molecule has 1 saturated carbocycles. The number of imidazole rings is 1. The van der Waals surface area contributed by atoms with Crippen molar-refractivity contribution in [3.05, 3.63) is 12.4 Å². The van der Waals surface area contributed by atoms with E-state index in [0.717, 1.165) is 17.5 Å². The number of hydrogen-bond acceptors (Lipinski definition) is 3. The summed E-state index contributed by atoms with van der Waals surface area (Å²) in [4.78, 5) is 4.34. The summed E-state index contributed by atoms with van der Waals surface area (Å²) in [5, 5.41) is 1.62. The molecule has 0 bridgehead atoms. The van der Waals surface area contributed by atoms with Crippen molar-refractivity contribution in [3.63, 3.8) is 0 Å². The van der Waals surface area contributed by atoms with Gasteiger partial charge in [-0.3, -0.25) is 0 Å². The van der Waals surface area contributed by atoms with Crippen LogP contribution in [0.1, 0.15) is 26.2 Å². The fourth-order valence-corrected chi connectivity index (χ4v) is 3.44. The summed E-state index contributed by atoms with van der Waals surface area (Å²) in [5.74, 6) is 0.808. The number of nitrogens with zero attached hydrogens (tertiary/aromatic N) is 2. The van der Waals surface area contributed by atoms with E-state index in [0.29, 0.717) is 11.3 Å². The third-order valence-corrected chi connectivity index (χ3v) is 4.59. The van der Waals surface area contributed by atoms with Crippen molar-refractivity contribution >= 4 is 11.8 Å². The van der Waals surface area contributed by atoms with E-state index < -0.39 is 0 Å². The van der Waals surface area contributed by atoms with Crippen molar-refractivity contribution in [3.8, 4) is 0 Å². The molecule has 1 aromatic heterocycles. The lowest BCUT2D eigenvalue weighted by Crippen LogP contribution is -2.37. The number of aromatic nitrogens is 2. The first-order valence-electron chi connectivity index (χ1n) is 5.56. The molecule has 3 atom stereocenters. The van der Waals surface area contributed by atoms with Gasteiger partial charge in [0.05, 0.1) is 0 Å². The molecular formula is C11H19N3S. The molecule has 0 spiro atoms. The van der Waals surface area contributed by atoms with E-state index in [2.05, 4.69) is 16.5 Å². The molecule has 0 radical (unpaired) electrons. The summed E-state index contributed by atoms with van der Waals surface area (Å²) in [7, 11) is 2.03. The van der Waals surface area contributed by atoms with Crippen LogP contribution in [0.4, 0.5) is 0 Å². The second kappa shape index (κ2) is 4.58. The molecule has 1 aliphatic carbocycles. The van der Waals surface area contributed by atoms with E-state index in [4.69, 9.17) is 5.73 Å². The Hall–Kier alpha value is -0.480. The van der Waals surface area contributed by atoms with Crippen LogP contribution in [-0.2, 0) is 7.05 Å². The van der Waals surface area contributed by atoms with Gasteiger partial charge in [-0.2, -0.15) is 0 Å². The summed E-state index contributed by atoms with van der Waals surface area (Å²) < 4.78 is 2.07.